The second-order valence-corrected chi connectivity index (χ2v) is 4.72. The number of hydrogen-bond donors (Lipinski definition) is 3. The molecule has 1 aromatic rings. The normalized spacial score (nSPS) is 23.4. The monoisotopic (exact) mass is 251 g/mol. The molecule has 0 radical (unpaired) electrons. The Balaban J connectivity index is 1.80. The highest BCUT2D eigenvalue weighted by Gasteiger charge is 2.19. The quantitative estimate of drug-likeness (QED) is 0.754. The highest BCUT2D eigenvalue weighted by atomic mass is 19.1. The molecule has 5 heteroatoms. The Morgan fingerprint density at radius 3 is 2.39 bits per heavy atom. The Morgan fingerprint density at radius 1 is 1.17 bits per heavy atom. The molecule has 2 rings (SSSR count). The fraction of sp³-hybridized carbons (Fsp3) is 0.462. The molecule has 0 unspecified atom stereocenters. The molecule has 2 amide bonds. The van der Waals surface area contributed by atoms with E-state index in [1.54, 1.807) is 0 Å². The molecular formula is C13H18FN3O. The first-order valence-corrected chi connectivity index (χ1v) is 6.22. The molecule has 18 heavy (non-hydrogen) atoms. The van der Waals surface area contributed by atoms with Crippen LogP contribution in [0.2, 0.25) is 0 Å². The van der Waals surface area contributed by atoms with E-state index in [2.05, 4.69) is 10.6 Å². The van der Waals surface area contributed by atoms with E-state index < -0.39 is 0 Å². The van der Waals surface area contributed by atoms with Gasteiger partial charge in [0, 0.05) is 17.8 Å². The van der Waals surface area contributed by atoms with Gasteiger partial charge in [-0.1, -0.05) is 0 Å². The third-order valence-electron chi connectivity index (χ3n) is 3.21. The molecule has 0 bridgehead atoms. The van der Waals surface area contributed by atoms with Crippen molar-refractivity contribution in [2.45, 2.75) is 37.8 Å². The predicted molar refractivity (Wildman–Crippen MR) is 68.8 cm³/mol. The standard InChI is InChI=1S/C13H18FN3O/c14-9-1-5-11(6-2-9)16-13(18)17-12-7-3-10(15)4-8-12/h1-2,5-6,10,12H,3-4,7-8,15H2,(H2,16,17,18). The van der Waals surface area contributed by atoms with Crippen LogP contribution in [0.25, 0.3) is 0 Å². The zero-order valence-electron chi connectivity index (χ0n) is 10.2. The maximum Gasteiger partial charge on any atom is 0.319 e. The van der Waals surface area contributed by atoms with E-state index in [-0.39, 0.29) is 23.9 Å². The Labute approximate surface area is 106 Å². The van der Waals surface area contributed by atoms with Crippen LogP contribution in [-0.4, -0.2) is 18.1 Å². The summed E-state index contributed by atoms with van der Waals surface area (Å²) < 4.78 is 12.7. The number of benzene rings is 1. The van der Waals surface area contributed by atoms with Gasteiger partial charge in [0.1, 0.15) is 5.82 Å². The van der Waals surface area contributed by atoms with E-state index in [0.717, 1.165) is 25.7 Å². The van der Waals surface area contributed by atoms with Crippen LogP contribution in [0.15, 0.2) is 24.3 Å². The third-order valence-corrected chi connectivity index (χ3v) is 3.21. The van der Waals surface area contributed by atoms with Crippen LogP contribution in [0.3, 0.4) is 0 Å². The summed E-state index contributed by atoms with van der Waals surface area (Å²) in [5.74, 6) is -0.317. The number of halogens is 1. The minimum atomic E-state index is -0.317. The summed E-state index contributed by atoms with van der Waals surface area (Å²) in [6.07, 6.45) is 3.72. The fourth-order valence-corrected chi connectivity index (χ4v) is 2.15. The van der Waals surface area contributed by atoms with Gasteiger partial charge in [0.05, 0.1) is 0 Å². The summed E-state index contributed by atoms with van der Waals surface area (Å²) in [7, 11) is 0. The molecule has 1 aromatic carbocycles. The maximum absolute atomic E-state index is 12.7. The number of nitrogens with one attached hydrogen (secondary N) is 2. The zero-order chi connectivity index (χ0) is 13.0. The van der Waals surface area contributed by atoms with Gasteiger partial charge in [0.25, 0.3) is 0 Å². The lowest BCUT2D eigenvalue weighted by molar-refractivity contribution is 0.242. The molecule has 0 aromatic heterocycles. The van der Waals surface area contributed by atoms with Gasteiger partial charge in [0.2, 0.25) is 0 Å². The van der Waals surface area contributed by atoms with Gasteiger partial charge in [-0.25, -0.2) is 9.18 Å². The lowest BCUT2D eigenvalue weighted by Gasteiger charge is -2.26. The Morgan fingerprint density at radius 2 is 1.78 bits per heavy atom. The Kier molecular flexibility index (Phi) is 4.15. The molecule has 1 saturated carbocycles. The van der Waals surface area contributed by atoms with Gasteiger partial charge in [-0.2, -0.15) is 0 Å². The summed E-state index contributed by atoms with van der Waals surface area (Å²) in [5, 5.41) is 5.58. The Bertz CT molecular complexity index is 399. The average molecular weight is 251 g/mol. The van der Waals surface area contributed by atoms with E-state index in [1.165, 1.54) is 24.3 Å². The number of nitrogens with two attached hydrogens (primary N) is 1. The molecule has 1 aliphatic carbocycles. The van der Waals surface area contributed by atoms with Crippen LogP contribution in [0.4, 0.5) is 14.9 Å². The molecule has 4 nitrogen and oxygen atoms in total. The summed E-state index contributed by atoms with van der Waals surface area (Å²) in [5.41, 5.74) is 6.39. The second-order valence-electron chi connectivity index (χ2n) is 4.72. The van der Waals surface area contributed by atoms with Crippen molar-refractivity contribution in [2.24, 2.45) is 5.73 Å². The van der Waals surface area contributed by atoms with Gasteiger partial charge in [-0.05, 0) is 49.9 Å². The molecule has 0 atom stereocenters. The van der Waals surface area contributed by atoms with Gasteiger partial charge in [-0.15, -0.1) is 0 Å². The highest BCUT2D eigenvalue weighted by molar-refractivity contribution is 5.89. The largest absolute Gasteiger partial charge is 0.335 e. The maximum atomic E-state index is 12.7. The van der Waals surface area contributed by atoms with Crippen LogP contribution in [0, 0.1) is 5.82 Å². The van der Waals surface area contributed by atoms with Crippen molar-refractivity contribution in [3.63, 3.8) is 0 Å². The summed E-state index contributed by atoms with van der Waals surface area (Å²) >= 11 is 0. The van der Waals surface area contributed by atoms with Crippen LogP contribution >= 0.6 is 0 Å². The zero-order valence-corrected chi connectivity index (χ0v) is 10.2. The van der Waals surface area contributed by atoms with Crippen molar-refractivity contribution in [2.75, 3.05) is 5.32 Å². The van der Waals surface area contributed by atoms with Crippen molar-refractivity contribution >= 4 is 11.7 Å². The first kappa shape index (κ1) is 12.8. The average Bonchev–Trinajstić information content (AvgIpc) is 2.35. The molecule has 0 aliphatic heterocycles. The number of amides is 2. The summed E-state index contributed by atoms with van der Waals surface area (Å²) in [6.45, 7) is 0. The van der Waals surface area contributed by atoms with Crippen molar-refractivity contribution in [3.8, 4) is 0 Å². The molecule has 98 valence electrons. The van der Waals surface area contributed by atoms with Gasteiger partial charge in [-0.3, -0.25) is 0 Å². The first-order chi connectivity index (χ1) is 8.63. The molecule has 0 saturated heterocycles. The van der Waals surface area contributed by atoms with E-state index >= 15 is 0 Å². The van der Waals surface area contributed by atoms with Crippen molar-refractivity contribution < 1.29 is 9.18 Å². The number of carbonyl (C=O) groups excluding carboxylic acids is 1. The van der Waals surface area contributed by atoms with Crippen LogP contribution < -0.4 is 16.4 Å². The first-order valence-electron chi connectivity index (χ1n) is 6.22. The van der Waals surface area contributed by atoms with Crippen molar-refractivity contribution in [1.82, 2.24) is 5.32 Å². The van der Waals surface area contributed by atoms with Crippen LogP contribution in [0.1, 0.15) is 25.7 Å². The number of rotatable bonds is 2. The van der Waals surface area contributed by atoms with E-state index in [1.807, 2.05) is 0 Å². The van der Waals surface area contributed by atoms with Crippen LogP contribution in [-0.2, 0) is 0 Å². The second kappa shape index (κ2) is 5.82. The molecule has 1 aliphatic rings. The van der Waals surface area contributed by atoms with Gasteiger partial charge < -0.3 is 16.4 Å². The lowest BCUT2D eigenvalue weighted by atomic mass is 9.92. The third kappa shape index (κ3) is 3.70. The lowest BCUT2D eigenvalue weighted by Crippen LogP contribution is -2.42. The van der Waals surface area contributed by atoms with E-state index in [0.29, 0.717) is 5.69 Å². The van der Waals surface area contributed by atoms with Gasteiger partial charge in [0.15, 0.2) is 0 Å². The predicted octanol–water partition coefficient (Wildman–Crippen LogP) is 2.22. The topological polar surface area (TPSA) is 67.1 Å². The molecule has 0 spiro atoms. The van der Waals surface area contributed by atoms with E-state index in [9.17, 15) is 9.18 Å². The number of urea groups is 1. The Hall–Kier alpha value is -1.62. The smallest absolute Gasteiger partial charge is 0.319 e. The number of anilines is 1. The number of hydrogen-bond acceptors (Lipinski definition) is 2. The van der Waals surface area contributed by atoms with Crippen molar-refractivity contribution in [1.29, 1.82) is 0 Å². The molecular weight excluding hydrogens is 233 g/mol. The highest BCUT2D eigenvalue weighted by Crippen LogP contribution is 2.17. The molecule has 4 N–H and O–H groups in total. The fourth-order valence-electron chi connectivity index (χ4n) is 2.15. The molecule has 1 fully saturated rings. The SMILES string of the molecule is NC1CCC(NC(=O)Nc2ccc(F)cc2)CC1. The van der Waals surface area contributed by atoms with Crippen molar-refractivity contribution in [3.05, 3.63) is 30.1 Å². The van der Waals surface area contributed by atoms with Gasteiger partial charge >= 0.3 is 6.03 Å². The summed E-state index contributed by atoms with van der Waals surface area (Å²) in [6, 6.07) is 5.90. The minimum absolute atomic E-state index is 0.185. The molecule has 0 heterocycles. The minimum Gasteiger partial charge on any atom is -0.335 e. The van der Waals surface area contributed by atoms with E-state index in [4.69, 9.17) is 5.73 Å². The number of carbonyl (C=O) groups is 1. The summed E-state index contributed by atoms with van der Waals surface area (Å²) in [4.78, 5) is 11.7. The van der Waals surface area contributed by atoms with Crippen LogP contribution in [0.5, 0.6) is 0 Å².